The van der Waals surface area contributed by atoms with Gasteiger partial charge in [-0.15, -0.1) is 0 Å². The highest BCUT2D eigenvalue weighted by atomic mass is 16.5. The third-order valence-corrected chi connectivity index (χ3v) is 3.59. The van der Waals surface area contributed by atoms with E-state index in [1.807, 2.05) is 12.4 Å². The van der Waals surface area contributed by atoms with Gasteiger partial charge in [0.2, 0.25) is 0 Å². The Morgan fingerprint density at radius 2 is 2.05 bits per heavy atom. The molecule has 3 heteroatoms. The lowest BCUT2D eigenvalue weighted by Crippen LogP contribution is -2.19. The van der Waals surface area contributed by atoms with Gasteiger partial charge in [-0.05, 0) is 49.6 Å². The second-order valence-corrected chi connectivity index (χ2v) is 5.15. The number of hydrogen-bond acceptors (Lipinski definition) is 3. The predicted octanol–water partition coefficient (Wildman–Crippen LogP) is 3.56. The lowest BCUT2D eigenvalue weighted by molar-refractivity contribution is 0.401. The third kappa shape index (κ3) is 3.36. The minimum Gasteiger partial charge on any atom is -0.496 e. The molecule has 0 aliphatic carbocycles. The molecule has 0 saturated heterocycles. The Morgan fingerprint density at radius 3 is 2.75 bits per heavy atom. The summed E-state index contributed by atoms with van der Waals surface area (Å²) in [7, 11) is 1.72. The molecule has 1 N–H and O–H groups in total. The van der Waals surface area contributed by atoms with Gasteiger partial charge >= 0.3 is 0 Å². The van der Waals surface area contributed by atoms with Crippen LogP contribution in [0.3, 0.4) is 0 Å². The smallest absolute Gasteiger partial charge is 0.123 e. The number of ether oxygens (including phenoxy) is 1. The summed E-state index contributed by atoms with van der Waals surface area (Å²) in [5.74, 6) is 0.941. The number of pyridine rings is 1. The fourth-order valence-electron chi connectivity index (χ4n) is 2.25. The van der Waals surface area contributed by atoms with Crippen LogP contribution < -0.4 is 10.1 Å². The lowest BCUT2D eigenvalue weighted by Gasteiger charge is -2.18. The van der Waals surface area contributed by atoms with Crippen LogP contribution in [-0.2, 0) is 6.54 Å². The minimum atomic E-state index is 0.234. The van der Waals surface area contributed by atoms with E-state index in [4.69, 9.17) is 4.74 Å². The van der Waals surface area contributed by atoms with Gasteiger partial charge in [-0.2, -0.15) is 0 Å². The van der Waals surface area contributed by atoms with Crippen molar-refractivity contribution >= 4 is 0 Å². The molecule has 0 saturated carbocycles. The van der Waals surface area contributed by atoms with Gasteiger partial charge in [0.25, 0.3) is 0 Å². The molecule has 0 aliphatic heterocycles. The maximum Gasteiger partial charge on any atom is 0.123 e. The number of aryl methyl sites for hydroxylation is 2. The number of nitrogens with one attached hydrogen (secondary N) is 1. The first-order valence-electron chi connectivity index (χ1n) is 6.89. The normalized spacial score (nSPS) is 12.2. The highest BCUT2D eigenvalue weighted by Gasteiger charge is 2.11. The van der Waals surface area contributed by atoms with Crippen LogP contribution in [0.15, 0.2) is 36.7 Å². The summed E-state index contributed by atoms with van der Waals surface area (Å²) >= 11 is 0. The lowest BCUT2D eigenvalue weighted by atomic mass is 10.0. The topological polar surface area (TPSA) is 34.1 Å². The van der Waals surface area contributed by atoms with Crippen molar-refractivity contribution in [3.8, 4) is 5.75 Å². The zero-order valence-electron chi connectivity index (χ0n) is 12.6. The molecule has 0 fully saturated rings. The number of aromatic nitrogens is 1. The predicted molar refractivity (Wildman–Crippen MR) is 82.0 cm³/mol. The van der Waals surface area contributed by atoms with Crippen molar-refractivity contribution in [3.63, 3.8) is 0 Å². The van der Waals surface area contributed by atoms with Gasteiger partial charge < -0.3 is 10.1 Å². The molecule has 1 atom stereocenters. The number of nitrogens with zero attached hydrogens (tertiary/aromatic N) is 1. The maximum atomic E-state index is 5.47. The molecule has 1 aromatic heterocycles. The van der Waals surface area contributed by atoms with E-state index in [9.17, 15) is 0 Å². The molecule has 0 aliphatic rings. The molecule has 0 radical (unpaired) electrons. The summed E-state index contributed by atoms with van der Waals surface area (Å²) in [6, 6.07) is 8.61. The number of methoxy groups -OCH3 is 1. The Hall–Kier alpha value is -1.87. The van der Waals surface area contributed by atoms with E-state index >= 15 is 0 Å². The van der Waals surface area contributed by atoms with E-state index in [1.54, 1.807) is 7.11 Å². The molecule has 1 heterocycles. The first-order valence-corrected chi connectivity index (χ1v) is 6.89. The van der Waals surface area contributed by atoms with Gasteiger partial charge in [-0.3, -0.25) is 4.98 Å². The van der Waals surface area contributed by atoms with Gasteiger partial charge in [-0.1, -0.05) is 12.1 Å². The second-order valence-electron chi connectivity index (χ2n) is 5.15. The first kappa shape index (κ1) is 14.5. The number of hydrogen-bond donors (Lipinski definition) is 1. The molecule has 3 nitrogen and oxygen atoms in total. The van der Waals surface area contributed by atoms with E-state index in [0.717, 1.165) is 12.3 Å². The van der Waals surface area contributed by atoms with Crippen LogP contribution in [0, 0.1) is 13.8 Å². The van der Waals surface area contributed by atoms with Crippen molar-refractivity contribution < 1.29 is 4.74 Å². The molecule has 106 valence electrons. The minimum absolute atomic E-state index is 0.234. The van der Waals surface area contributed by atoms with Gasteiger partial charge in [0.15, 0.2) is 0 Å². The van der Waals surface area contributed by atoms with Crippen LogP contribution in [0.5, 0.6) is 5.75 Å². The Balaban J connectivity index is 2.09. The van der Waals surface area contributed by atoms with Crippen molar-refractivity contribution in [2.24, 2.45) is 0 Å². The molecule has 1 aromatic carbocycles. The summed E-state index contributed by atoms with van der Waals surface area (Å²) in [4.78, 5) is 4.12. The van der Waals surface area contributed by atoms with Gasteiger partial charge in [-0.25, -0.2) is 0 Å². The van der Waals surface area contributed by atoms with Crippen LogP contribution in [0.1, 0.15) is 35.2 Å². The van der Waals surface area contributed by atoms with Crippen molar-refractivity contribution in [1.29, 1.82) is 0 Å². The van der Waals surface area contributed by atoms with E-state index in [2.05, 4.69) is 55.3 Å². The molecular weight excluding hydrogens is 248 g/mol. The SMILES string of the molecule is COc1cc(C)ccc1C(C)NCc1ccncc1C. The Morgan fingerprint density at radius 1 is 1.25 bits per heavy atom. The Bertz CT molecular complexity index is 581. The van der Waals surface area contributed by atoms with Crippen LogP contribution in [0.25, 0.3) is 0 Å². The quantitative estimate of drug-likeness (QED) is 0.902. The summed E-state index contributed by atoms with van der Waals surface area (Å²) in [6.45, 7) is 7.14. The van der Waals surface area contributed by atoms with E-state index < -0.39 is 0 Å². The van der Waals surface area contributed by atoms with Crippen LogP contribution in [0.4, 0.5) is 0 Å². The van der Waals surface area contributed by atoms with Crippen LogP contribution in [0.2, 0.25) is 0 Å². The second kappa shape index (κ2) is 6.53. The fraction of sp³-hybridized carbons (Fsp3) is 0.353. The third-order valence-electron chi connectivity index (χ3n) is 3.59. The Kier molecular flexibility index (Phi) is 4.74. The average molecular weight is 270 g/mol. The molecule has 2 rings (SSSR count). The Labute approximate surface area is 121 Å². The number of benzene rings is 1. The van der Waals surface area contributed by atoms with Crippen LogP contribution in [-0.4, -0.2) is 12.1 Å². The fourth-order valence-corrected chi connectivity index (χ4v) is 2.25. The molecule has 20 heavy (non-hydrogen) atoms. The average Bonchev–Trinajstić information content (AvgIpc) is 2.46. The van der Waals surface area contributed by atoms with Gasteiger partial charge in [0.05, 0.1) is 7.11 Å². The van der Waals surface area contributed by atoms with Gasteiger partial charge in [0, 0.05) is 30.5 Å². The van der Waals surface area contributed by atoms with Gasteiger partial charge in [0.1, 0.15) is 5.75 Å². The molecular formula is C17H22N2O. The summed E-state index contributed by atoms with van der Waals surface area (Å²) < 4.78 is 5.47. The molecule has 0 bridgehead atoms. The van der Waals surface area contributed by atoms with E-state index in [0.29, 0.717) is 0 Å². The first-order chi connectivity index (χ1) is 9.61. The summed E-state index contributed by atoms with van der Waals surface area (Å²) in [5, 5.41) is 3.54. The van der Waals surface area contributed by atoms with E-state index in [1.165, 1.54) is 22.3 Å². The molecule has 0 amide bonds. The van der Waals surface area contributed by atoms with Crippen molar-refractivity contribution in [1.82, 2.24) is 10.3 Å². The van der Waals surface area contributed by atoms with Crippen LogP contribution >= 0.6 is 0 Å². The van der Waals surface area contributed by atoms with E-state index in [-0.39, 0.29) is 6.04 Å². The zero-order chi connectivity index (χ0) is 14.5. The molecule has 2 aromatic rings. The highest BCUT2D eigenvalue weighted by molar-refractivity contribution is 5.39. The largest absolute Gasteiger partial charge is 0.496 e. The highest BCUT2D eigenvalue weighted by Crippen LogP contribution is 2.26. The monoisotopic (exact) mass is 270 g/mol. The maximum absolute atomic E-state index is 5.47. The number of rotatable bonds is 5. The zero-order valence-corrected chi connectivity index (χ0v) is 12.6. The van der Waals surface area contributed by atoms with Crippen molar-refractivity contribution in [3.05, 3.63) is 58.9 Å². The molecule has 1 unspecified atom stereocenters. The molecule has 0 spiro atoms. The summed E-state index contributed by atoms with van der Waals surface area (Å²) in [6.07, 6.45) is 3.73. The van der Waals surface area contributed by atoms with Crippen molar-refractivity contribution in [2.75, 3.05) is 7.11 Å². The summed E-state index contributed by atoms with van der Waals surface area (Å²) in [5.41, 5.74) is 4.88. The van der Waals surface area contributed by atoms with Crippen molar-refractivity contribution in [2.45, 2.75) is 33.4 Å². The standard InChI is InChI=1S/C17H22N2O/c1-12-5-6-16(17(9-12)20-4)14(3)19-11-15-7-8-18-10-13(15)2/h5-10,14,19H,11H2,1-4H3.